The van der Waals surface area contributed by atoms with Gasteiger partial charge in [-0.05, 0) is 22.9 Å². The van der Waals surface area contributed by atoms with Crippen LogP contribution in [0.2, 0.25) is 0 Å². The first-order valence-electron chi connectivity index (χ1n) is 5.32. The molecule has 17 heavy (non-hydrogen) atoms. The number of nitrogens with one attached hydrogen (secondary N) is 2. The summed E-state index contributed by atoms with van der Waals surface area (Å²) >= 11 is 0. The monoisotopic (exact) mass is 230 g/mol. The molecule has 0 aliphatic heterocycles. The molecule has 4 heteroatoms. The molecule has 0 atom stereocenters. The van der Waals surface area contributed by atoms with Gasteiger partial charge in [-0.3, -0.25) is 0 Å². The van der Waals surface area contributed by atoms with Crippen molar-refractivity contribution < 1.29 is 9.53 Å². The summed E-state index contributed by atoms with van der Waals surface area (Å²) in [6, 6.07) is 13.5. The molecule has 88 valence electrons. The summed E-state index contributed by atoms with van der Waals surface area (Å²) in [6.45, 7) is 0.194. The molecule has 0 fully saturated rings. The number of hydrogen-bond donors (Lipinski definition) is 2. The Morgan fingerprint density at radius 2 is 1.94 bits per heavy atom. The van der Waals surface area contributed by atoms with Crippen LogP contribution in [0.1, 0.15) is 0 Å². The number of anilines is 1. The van der Waals surface area contributed by atoms with Gasteiger partial charge in [-0.15, -0.1) is 0 Å². The van der Waals surface area contributed by atoms with Crippen LogP contribution in [0.4, 0.5) is 10.5 Å². The topological polar surface area (TPSA) is 50.4 Å². The lowest BCUT2D eigenvalue weighted by Gasteiger charge is -2.07. The van der Waals surface area contributed by atoms with Crippen molar-refractivity contribution in [3.8, 4) is 0 Å². The Balaban J connectivity index is 2.11. The molecule has 0 radical (unpaired) electrons. The van der Waals surface area contributed by atoms with Crippen LogP contribution in [0.25, 0.3) is 10.8 Å². The number of urea groups is 1. The van der Waals surface area contributed by atoms with E-state index >= 15 is 0 Å². The highest BCUT2D eigenvalue weighted by Crippen LogP contribution is 2.18. The summed E-state index contributed by atoms with van der Waals surface area (Å²) in [6.07, 6.45) is 0. The average Bonchev–Trinajstić information content (AvgIpc) is 2.36. The Labute approximate surface area is 99.6 Å². The average molecular weight is 230 g/mol. The van der Waals surface area contributed by atoms with Crippen molar-refractivity contribution in [3.63, 3.8) is 0 Å². The zero-order chi connectivity index (χ0) is 12.1. The molecule has 0 aromatic heterocycles. The second-order valence-electron chi connectivity index (χ2n) is 3.63. The summed E-state index contributed by atoms with van der Waals surface area (Å²) in [5, 5.41) is 7.54. The summed E-state index contributed by atoms with van der Waals surface area (Å²) in [5.74, 6) is 0. The summed E-state index contributed by atoms with van der Waals surface area (Å²) in [5.41, 5.74) is 0.761. The van der Waals surface area contributed by atoms with E-state index in [1.807, 2.05) is 42.5 Å². The summed E-state index contributed by atoms with van der Waals surface area (Å²) < 4.78 is 4.75. The Hall–Kier alpha value is -2.07. The van der Waals surface area contributed by atoms with E-state index < -0.39 is 0 Å². The van der Waals surface area contributed by atoms with Crippen molar-refractivity contribution in [2.24, 2.45) is 0 Å². The van der Waals surface area contributed by atoms with Crippen molar-refractivity contribution >= 4 is 22.5 Å². The van der Waals surface area contributed by atoms with Crippen molar-refractivity contribution in [2.45, 2.75) is 0 Å². The molecule has 0 spiro atoms. The molecule has 0 unspecified atom stereocenters. The predicted octanol–water partition coefficient (Wildman–Crippen LogP) is 2.57. The number of benzene rings is 2. The smallest absolute Gasteiger partial charge is 0.321 e. The number of amides is 2. The zero-order valence-corrected chi connectivity index (χ0v) is 9.57. The lowest BCUT2D eigenvalue weighted by atomic mass is 10.1. The Morgan fingerprint density at radius 1 is 1.18 bits per heavy atom. The minimum atomic E-state index is -0.276. The molecule has 2 N–H and O–H groups in total. The van der Waals surface area contributed by atoms with Gasteiger partial charge in [0.1, 0.15) is 6.73 Å². The zero-order valence-electron chi connectivity index (χ0n) is 9.57. The van der Waals surface area contributed by atoms with E-state index in [2.05, 4.69) is 10.6 Å². The van der Waals surface area contributed by atoms with Crippen LogP contribution in [0, 0.1) is 0 Å². The van der Waals surface area contributed by atoms with Crippen molar-refractivity contribution in [1.29, 1.82) is 0 Å². The van der Waals surface area contributed by atoms with Crippen LogP contribution >= 0.6 is 0 Å². The quantitative estimate of drug-likeness (QED) is 0.796. The number of rotatable bonds is 3. The lowest BCUT2D eigenvalue weighted by Crippen LogP contribution is -2.30. The highest BCUT2D eigenvalue weighted by atomic mass is 16.5. The maximum Gasteiger partial charge on any atom is 0.321 e. The standard InChI is InChI=1S/C13H14N2O2/c1-17-9-14-13(16)15-12-7-6-10-4-2-3-5-11(10)8-12/h2-8H,9H2,1H3,(H2,14,15,16). The van der Waals surface area contributed by atoms with Crippen LogP contribution in [0.15, 0.2) is 42.5 Å². The fourth-order valence-electron chi connectivity index (χ4n) is 1.58. The highest BCUT2D eigenvalue weighted by molar-refractivity contribution is 5.93. The molecule has 2 aromatic rings. The largest absolute Gasteiger partial charge is 0.364 e. The van der Waals surface area contributed by atoms with Crippen molar-refractivity contribution in [2.75, 3.05) is 19.2 Å². The van der Waals surface area contributed by atoms with Gasteiger partial charge in [0.2, 0.25) is 0 Å². The number of ether oxygens (including phenoxy) is 1. The van der Waals surface area contributed by atoms with E-state index in [1.165, 1.54) is 7.11 Å². The molecule has 4 nitrogen and oxygen atoms in total. The number of carbonyl (C=O) groups excluding carboxylic acids is 1. The summed E-state index contributed by atoms with van der Waals surface area (Å²) in [4.78, 5) is 11.4. The SMILES string of the molecule is COCNC(=O)Nc1ccc2ccccc2c1. The van der Waals surface area contributed by atoms with E-state index in [9.17, 15) is 4.79 Å². The number of carbonyl (C=O) groups is 1. The molecule has 0 aliphatic rings. The normalized spacial score (nSPS) is 10.2. The molecule has 0 heterocycles. The molecule has 0 saturated carbocycles. The first kappa shape index (κ1) is 11.4. The second kappa shape index (κ2) is 5.32. The van der Waals surface area contributed by atoms with E-state index in [4.69, 9.17) is 4.74 Å². The number of hydrogen-bond acceptors (Lipinski definition) is 2. The highest BCUT2D eigenvalue weighted by Gasteiger charge is 2.01. The third kappa shape index (κ3) is 2.95. The van der Waals surface area contributed by atoms with Crippen molar-refractivity contribution in [3.05, 3.63) is 42.5 Å². The van der Waals surface area contributed by atoms with Gasteiger partial charge in [0.25, 0.3) is 0 Å². The van der Waals surface area contributed by atoms with Gasteiger partial charge in [0.05, 0.1) is 0 Å². The minimum absolute atomic E-state index is 0.194. The number of fused-ring (bicyclic) bond motifs is 1. The number of methoxy groups -OCH3 is 1. The Morgan fingerprint density at radius 3 is 2.71 bits per heavy atom. The molecule has 2 aromatic carbocycles. The van der Waals surface area contributed by atoms with E-state index in [1.54, 1.807) is 0 Å². The fourth-order valence-corrected chi connectivity index (χ4v) is 1.58. The van der Waals surface area contributed by atoms with Crippen LogP contribution in [-0.4, -0.2) is 19.9 Å². The molecular weight excluding hydrogens is 216 g/mol. The third-order valence-electron chi connectivity index (χ3n) is 2.38. The maximum absolute atomic E-state index is 11.4. The maximum atomic E-state index is 11.4. The van der Waals surface area contributed by atoms with Gasteiger partial charge >= 0.3 is 6.03 Å². The van der Waals surface area contributed by atoms with Gasteiger partial charge in [0, 0.05) is 12.8 Å². The van der Waals surface area contributed by atoms with Crippen LogP contribution in [0.5, 0.6) is 0 Å². The second-order valence-corrected chi connectivity index (χ2v) is 3.63. The summed E-state index contributed by atoms with van der Waals surface area (Å²) in [7, 11) is 1.52. The van der Waals surface area contributed by atoms with Crippen LogP contribution < -0.4 is 10.6 Å². The first-order valence-corrected chi connectivity index (χ1v) is 5.32. The first-order chi connectivity index (χ1) is 8.29. The third-order valence-corrected chi connectivity index (χ3v) is 2.38. The predicted molar refractivity (Wildman–Crippen MR) is 68.0 cm³/mol. The van der Waals surface area contributed by atoms with Gasteiger partial charge in [-0.2, -0.15) is 0 Å². The molecule has 0 saturated heterocycles. The van der Waals surface area contributed by atoms with E-state index in [-0.39, 0.29) is 12.8 Å². The van der Waals surface area contributed by atoms with Crippen LogP contribution in [0.3, 0.4) is 0 Å². The fraction of sp³-hybridized carbons (Fsp3) is 0.154. The minimum Gasteiger partial charge on any atom is -0.364 e. The van der Waals surface area contributed by atoms with Gasteiger partial charge in [-0.25, -0.2) is 4.79 Å². The lowest BCUT2D eigenvalue weighted by molar-refractivity contribution is 0.177. The molecule has 0 aliphatic carbocycles. The van der Waals surface area contributed by atoms with E-state index in [0.717, 1.165) is 16.5 Å². The molecule has 2 rings (SSSR count). The molecule has 2 amide bonds. The van der Waals surface area contributed by atoms with Crippen LogP contribution in [-0.2, 0) is 4.74 Å². The Kier molecular flexibility index (Phi) is 3.57. The Bertz CT molecular complexity index is 526. The van der Waals surface area contributed by atoms with Gasteiger partial charge in [-0.1, -0.05) is 30.3 Å². The molecular formula is C13H14N2O2. The molecule has 0 bridgehead atoms. The van der Waals surface area contributed by atoms with Gasteiger partial charge < -0.3 is 15.4 Å². The van der Waals surface area contributed by atoms with E-state index in [0.29, 0.717) is 0 Å². The van der Waals surface area contributed by atoms with Crippen molar-refractivity contribution in [1.82, 2.24) is 5.32 Å². The van der Waals surface area contributed by atoms with Gasteiger partial charge in [0.15, 0.2) is 0 Å².